The Morgan fingerprint density at radius 2 is 2.07 bits per heavy atom. The van der Waals surface area contributed by atoms with Crippen LogP contribution in [-0.2, 0) is 0 Å². The molecule has 2 aromatic rings. The molecule has 0 unspecified atom stereocenters. The van der Waals surface area contributed by atoms with Crippen molar-refractivity contribution in [1.29, 1.82) is 0 Å². The molecule has 3 nitrogen and oxygen atoms in total. The smallest absolute Gasteiger partial charge is 0.398 e. The second kappa shape index (κ2) is 3.34. The van der Waals surface area contributed by atoms with E-state index in [9.17, 15) is 13.2 Å². The highest BCUT2D eigenvalue weighted by Crippen LogP contribution is 2.42. The number of anilines is 1. The molecule has 0 saturated heterocycles. The molecule has 0 aliphatic carbocycles. The average molecular weight is 233 g/mol. The molecule has 0 amide bonds. The Labute approximate surface area is 86.9 Å². The maximum Gasteiger partial charge on any atom is 0.446 e. The standard InChI is InChI=1S/C8H6F3N3S/c9-8(10,11)15-7-4(12)1-2-5-6(7)14-3-13-5/h1-3H,12H2,(H,13,14). The number of thioether (sulfide) groups is 1. The second-order valence-electron chi connectivity index (χ2n) is 2.83. The van der Waals surface area contributed by atoms with E-state index < -0.39 is 5.51 Å². The first-order valence-corrected chi connectivity index (χ1v) is 4.76. The summed E-state index contributed by atoms with van der Waals surface area (Å²) in [5.41, 5.74) is 1.98. The Bertz CT molecular complexity index is 491. The molecule has 7 heteroatoms. The zero-order chi connectivity index (χ0) is 11.1. The third-order valence-corrected chi connectivity index (χ3v) is 2.66. The molecule has 1 heterocycles. The minimum Gasteiger partial charge on any atom is -0.398 e. The molecule has 0 spiro atoms. The summed E-state index contributed by atoms with van der Waals surface area (Å²) in [6.07, 6.45) is 1.34. The largest absolute Gasteiger partial charge is 0.446 e. The van der Waals surface area contributed by atoms with E-state index in [2.05, 4.69) is 9.97 Å². The lowest BCUT2D eigenvalue weighted by molar-refractivity contribution is -0.0327. The summed E-state index contributed by atoms with van der Waals surface area (Å²) < 4.78 is 36.7. The fraction of sp³-hybridized carbons (Fsp3) is 0.125. The fourth-order valence-electron chi connectivity index (χ4n) is 1.22. The normalized spacial score (nSPS) is 12.2. The summed E-state index contributed by atoms with van der Waals surface area (Å²) in [6, 6.07) is 3.02. The van der Waals surface area contributed by atoms with Gasteiger partial charge in [-0.2, -0.15) is 13.2 Å². The molecule has 3 N–H and O–H groups in total. The number of nitrogens with zero attached hydrogens (tertiary/aromatic N) is 1. The highest BCUT2D eigenvalue weighted by atomic mass is 32.2. The molecule has 15 heavy (non-hydrogen) atoms. The quantitative estimate of drug-likeness (QED) is 0.588. The van der Waals surface area contributed by atoms with Crippen LogP contribution >= 0.6 is 11.8 Å². The number of alkyl halides is 3. The Balaban J connectivity index is 2.56. The third kappa shape index (κ3) is 2.01. The number of aromatic nitrogens is 2. The lowest BCUT2D eigenvalue weighted by Gasteiger charge is -2.08. The van der Waals surface area contributed by atoms with Gasteiger partial charge in [0.05, 0.1) is 16.7 Å². The van der Waals surface area contributed by atoms with E-state index in [1.165, 1.54) is 12.4 Å². The van der Waals surface area contributed by atoms with Crippen molar-refractivity contribution in [2.24, 2.45) is 0 Å². The molecular weight excluding hydrogens is 227 g/mol. The van der Waals surface area contributed by atoms with Gasteiger partial charge in [0.2, 0.25) is 0 Å². The van der Waals surface area contributed by atoms with Crippen LogP contribution in [0.4, 0.5) is 18.9 Å². The lowest BCUT2D eigenvalue weighted by Crippen LogP contribution is -2.01. The van der Waals surface area contributed by atoms with E-state index in [0.717, 1.165) is 0 Å². The lowest BCUT2D eigenvalue weighted by atomic mass is 10.3. The first kappa shape index (κ1) is 10.2. The summed E-state index contributed by atoms with van der Waals surface area (Å²) in [5.74, 6) is 0. The number of nitrogen functional groups attached to an aromatic ring is 1. The van der Waals surface area contributed by atoms with Gasteiger partial charge in [0.1, 0.15) is 5.52 Å². The van der Waals surface area contributed by atoms with Crippen molar-refractivity contribution >= 4 is 28.5 Å². The number of H-pyrrole nitrogens is 1. The van der Waals surface area contributed by atoms with Crippen molar-refractivity contribution in [3.63, 3.8) is 0 Å². The number of aromatic amines is 1. The maximum absolute atomic E-state index is 12.2. The molecular formula is C8H6F3N3S. The van der Waals surface area contributed by atoms with E-state index in [4.69, 9.17) is 5.73 Å². The van der Waals surface area contributed by atoms with Gasteiger partial charge in [-0.1, -0.05) is 0 Å². The van der Waals surface area contributed by atoms with Gasteiger partial charge >= 0.3 is 5.51 Å². The van der Waals surface area contributed by atoms with E-state index in [1.807, 2.05) is 0 Å². The van der Waals surface area contributed by atoms with Gasteiger partial charge < -0.3 is 10.7 Å². The van der Waals surface area contributed by atoms with Gasteiger partial charge in [0.25, 0.3) is 0 Å². The van der Waals surface area contributed by atoms with Gasteiger partial charge in [-0.05, 0) is 23.9 Å². The molecule has 2 rings (SSSR count). The van der Waals surface area contributed by atoms with Crippen LogP contribution in [0.5, 0.6) is 0 Å². The van der Waals surface area contributed by atoms with E-state index >= 15 is 0 Å². The summed E-state index contributed by atoms with van der Waals surface area (Å²) in [4.78, 5) is 6.48. The number of imidazole rings is 1. The predicted molar refractivity (Wildman–Crippen MR) is 52.4 cm³/mol. The average Bonchev–Trinajstić information content (AvgIpc) is 2.56. The number of hydrogen-bond donors (Lipinski definition) is 2. The topological polar surface area (TPSA) is 54.7 Å². The monoisotopic (exact) mass is 233 g/mol. The summed E-state index contributed by atoms with van der Waals surface area (Å²) >= 11 is -0.246. The third-order valence-electron chi connectivity index (χ3n) is 1.79. The number of fused-ring (bicyclic) bond motifs is 1. The molecule has 0 saturated carbocycles. The Morgan fingerprint density at radius 3 is 2.73 bits per heavy atom. The highest BCUT2D eigenvalue weighted by molar-refractivity contribution is 8.00. The van der Waals surface area contributed by atoms with Gasteiger partial charge in [-0.3, -0.25) is 0 Å². The first-order chi connectivity index (χ1) is 6.97. The predicted octanol–water partition coefficient (Wildman–Crippen LogP) is 2.76. The summed E-state index contributed by atoms with van der Waals surface area (Å²) in [5, 5.41) is 0. The zero-order valence-electron chi connectivity index (χ0n) is 7.30. The van der Waals surface area contributed by atoms with E-state index in [-0.39, 0.29) is 27.9 Å². The number of benzene rings is 1. The minimum absolute atomic E-state index is 0.0544. The first-order valence-electron chi connectivity index (χ1n) is 3.95. The van der Waals surface area contributed by atoms with Crippen molar-refractivity contribution in [3.05, 3.63) is 18.5 Å². The number of hydrogen-bond acceptors (Lipinski definition) is 3. The molecule has 0 aliphatic heterocycles. The Hall–Kier alpha value is -1.37. The van der Waals surface area contributed by atoms with Crippen molar-refractivity contribution in [1.82, 2.24) is 9.97 Å². The van der Waals surface area contributed by atoms with Crippen LogP contribution in [-0.4, -0.2) is 15.5 Å². The van der Waals surface area contributed by atoms with Crippen LogP contribution < -0.4 is 5.73 Å². The number of nitrogens with two attached hydrogens (primary N) is 1. The van der Waals surface area contributed by atoms with Crippen LogP contribution in [0, 0.1) is 0 Å². The maximum atomic E-state index is 12.2. The number of nitrogens with one attached hydrogen (secondary N) is 1. The van der Waals surface area contributed by atoms with Crippen LogP contribution in [0.3, 0.4) is 0 Å². The van der Waals surface area contributed by atoms with Gasteiger partial charge in [-0.25, -0.2) is 4.98 Å². The molecule has 1 aromatic carbocycles. The van der Waals surface area contributed by atoms with Gasteiger partial charge in [0, 0.05) is 5.69 Å². The van der Waals surface area contributed by atoms with Crippen molar-refractivity contribution in [2.75, 3.05) is 5.73 Å². The molecule has 0 bridgehead atoms. The van der Waals surface area contributed by atoms with Crippen molar-refractivity contribution in [3.8, 4) is 0 Å². The fourth-order valence-corrected chi connectivity index (χ4v) is 1.90. The second-order valence-corrected chi connectivity index (χ2v) is 3.91. The van der Waals surface area contributed by atoms with Crippen LogP contribution in [0.25, 0.3) is 11.0 Å². The minimum atomic E-state index is -4.36. The Kier molecular flexibility index (Phi) is 2.26. The van der Waals surface area contributed by atoms with Crippen molar-refractivity contribution in [2.45, 2.75) is 10.4 Å². The SMILES string of the molecule is Nc1ccc2[nH]cnc2c1SC(F)(F)F. The molecule has 0 radical (unpaired) electrons. The molecule has 0 atom stereocenters. The van der Waals surface area contributed by atoms with Crippen molar-refractivity contribution < 1.29 is 13.2 Å². The number of rotatable bonds is 1. The van der Waals surface area contributed by atoms with Crippen LogP contribution in [0.1, 0.15) is 0 Å². The summed E-state index contributed by atoms with van der Waals surface area (Å²) in [7, 11) is 0. The molecule has 80 valence electrons. The molecule has 1 aromatic heterocycles. The molecule has 0 aliphatic rings. The van der Waals surface area contributed by atoms with Crippen LogP contribution in [0.15, 0.2) is 23.4 Å². The highest BCUT2D eigenvalue weighted by Gasteiger charge is 2.31. The van der Waals surface area contributed by atoms with Gasteiger partial charge in [0.15, 0.2) is 0 Å². The Morgan fingerprint density at radius 1 is 1.33 bits per heavy atom. The van der Waals surface area contributed by atoms with Gasteiger partial charge in [-0.15, -0.1) is 0 Å². The van der Waals surface area contributed by atoms with E-state index in [0.29, 0.717) is 5.52 Å². The molecule has 0 fully saturated rings. The van der Waals surface area contributed by atoms with Crippen LogP contribution in [0.2, 0.25) is 0 Å². The zero-order valence-corrected chi connectivity index (χ0v) is 8.12. The number of halogens is 3. The summed E-state index contributed by atoms with van der Waals surface area (Å²) in [6.45, 7) is 0. The van der Waals surface area contributed by atoms with E-state index in [1.54, 1.807) is 6.07 Å².